The third kappa shape index (κ3) is 5.56. The van der Waals surface area contributed by atoms with Gasteiger partial charge in [0.1, 0.15) is 0 Å². The van der Waals surface area contributed by atoms with Gasteiger partial charge < -0.3 is 0 Å². The van der Waals surface area contributed by atoms with Crippen molar-refractivity contribution in [1.82, 2.24) is 0 Å². The number of hydrogen-bond donors (Lipinski definition) is 0. The number of benzene rings is 8. The van der Waals surface area contributed by atoms with E-state index in [9.17, 15) is 0 Å². The average molecular weight is 651 g/mol. The number of aryl methyl sites for hydroxylation is 2. The summed E-state index contributed by atoms with van der Waals surface area (Å²) >= 11 is 0. The highest BCUT2D eigenvalue weighted by Gasteiger charge is 2.30. The lowest BCUT2D eigenvalue weighted by molar-refractivity contribution is 1.52. The van der Waals surface area contributed by atoms with Gasteiger partial charge in [0.05, 0.1) is 0 Å². The number of fused-ring (bicyclic) bond motifs is 2. The van der Waals surface area contributed by atoms with Crippen LogP contribution in [0.2, 0.25) is 0 Å². The summed E-state index contributed by atoms with van der Waals surface area (Å²) in [6, 6.07) is 67.6. The Bertz CT molecular complexity index is 2100. The molecule has 0 atom stereocenters. The zero-order valence-electron chi connectivity index (χ0n) is 27.2. The number of hydrogen-bond acceptors (Lipinski definition) is 0. The van der Waals surface area contributed by atoms with E-state index in [0.717, 1.165) is 0 Å². The second-order valence-corrected chi connectivity index (χ2v) is 16.6. The van der Waals surface area contributed by atoms with Crippen molar-refractivity contribution in [1.29, 1.82) is 0 Å². The van der Waals surface area contributed by atoms with Crippen LogP contribution in [0.3, 0.4) is 0 Å². The molecule has 0 amide bonds. The molecule has 8 aromatic carbocycles. The highest BCUT2D eigenvalue weighted by Crippen LogP contribution is 2.47. The van der Waals surface area contributed by atoms with Crippen molar-refractivity contribution in [2.45, 2.75) is 13.8 Å². The molecule has 0 aliphatic heterocycles. The smallest absolute Gasteiger partial charge is 0.000606 e. The fraction of sp³-hybridized carbons (Fsp3) is 0.0435. The van der Waals surface area contributed by atoms with Gasteiger partial charge in [-0.1, -0.05) is 182 Å². The summed E-state index contributed by atoms with van der Waals surface area (Å²) in [6.45, 7) is 4.67. The van der Waals surface area contributed by atoms with E-state index in [2.05, 4.69) is 196 Å². The molecule has 0 nitrogen and oxygen atoms in total. The van der Waals surface area contributed by atoms with Crippen LogP contribution in [0.4, 0.5) is 0 Å². The lowest BCUT2D eigenvalue weighted by Gasteiger charge is -2.30. The Morgan fingerprint density at radius 1 is 0.312 bits per heavy atom. The van der Waals surface area contributed by atoms with Crippen molar-refractivity contribution >= 4 is 69.2 Å². The Balaban J connectivity index is 1.58. The Morgan fingerprint density at radius 2 is 0.583 bits per heavy atom. The first-order valence-electron chi connectivity index (χ1n) is 16.5. The molecular weight excluding hydrogens is 614 g/mol. The minimum atomic E-state index is -0.882. The molecule has 2 heteroatoms. The van der Waals surface area contributed by atoms with Crippen molar-refractivity contribution in [2.75, 3.05) is 0 Å². The predicted molar refractivity (Wildman–Crippen MR) is 214 cm³/mol. The third-order valence-electron chi connectivity index (χ3n) is 9.18. The summed E-state index contributed by atoms with van der Waals surface area (Å²) in [7, 11) is -1.76. The van der Waals surface area contributed by atoms with Crippen molar-refractivity contribution in [3.63, 3.8) is 0 Å². The summed E-state index contributed by atoms with van der Waals surface area (Å²) in [6.07, 6.45) is 0. The molecule has 230 valence electrons. The topological polar surface area (TPSA) is 0 Å². The second-order valence-electron chi connectivity index (χ2n) is 12.3. The van der Waals surface area contributed by atoms with Gasteiger partial charge in [-0.25, -0.2) is 0 Å². The summed E-state index contributed by atoms with van der Waals surface area (Å²) in [5, 5.41) is 13.5. The molecule has 8 aromatic rings. The summed E-state index contributed by atoms with van der Waals surface area (Å²) in [5.74, 6) is 0. The quantitative estimate of drug-likeness (QED) is 0.151. The van der Waals surface area contributed by atoms with Crippen LogP contribution in [0, 0.1) is 13.8 Å². The van der Waals surface area contributed by atoms with Gasteiger partial charge in [-0.15, -0.1) is 0 Å². The van der Waals surface area contributed by atoms with Gasteiger partial charge in [-0.3, -0.25) is 0 Å². The van der Waals surface area contributed by atoms with Crippen molar-refractivity contribution in [3.05, 3.63) is 193 Å². The normalized spacial score (nSPS) is 11.5. The minimum absolute atomic E-state index is 0.882. The van der Waals surface area contributed by atoms with Gasteiger partial charge in [0.2, 0.25) is 0 Å². The van der Waals surface area contributed by atoms with Crippen LogP contribution in [0.1, 0.15) is 11.1 Å². The maximum absolute atomic E-state index is 2.42. The first-order valence-corrected chi connectivity index (χ1v) is 19.2. The van der Waals surface area contributed by atoms with Crippen LogP contribution in [-0.2, 0) is 0 Å². The van der Waals surface area contributed by atoms with E-state index in [4.69, 9.17) is 0 Å². The number of rotatable bonds is 7. The van der Waals surface area contributed by atoms with E-state index in [0.29, 0.717) is 0 Å². The Morgan fingerprint density at radius 3 is 0.896 bits per heavy atom. The van der Waals surface area contributed by atoms with Crippen LogP contribution in [0.5, 0.6) is 0 Å². The van der Waals surface area contributed by atoms with Crippen LogP contribution in [0.15, 0.2) is 182 Å². The molecule has 0 unspecified atom stereocenters. The average Bonchev–Trinajstić information content (AvgIpc) is 3.14. The second kappa shape index (κ2) is 13.3. The Labute approximate surface area is 286 Å². The highest BCUT2D eigenvalue weighted by molar-refractivity contribution is 7.81. The third-order valence-corrected chi connectivity index (χ3v) is 14.5. The Kier molecular flexibility index (Phi) is 8.46. The largest absolute Gasteiger partial charge is 0.0622 e. The standard InChI is InChI=1S/C46H36P2/c1-33-31-35-19-15-17-29-41(35)43(45(33)47(37-21-7-3-8-22-37)38-23-9-4-10-24-38)44-42-30-18-16-20-36(42)32-34(2)46(44)48(39-25-11-5-12-26-39)40-27-13-6-14-28-40/h3-32H,1-2H3. The van der Waals surface area contributed by atoms with Gasteiger partial charge >= 0.3 is 0 Å². The predicted octanol–water partition coefficient (Wildman–Crippen LogP) is 9.79. The lowest BCUT2D eigenvalue weighted by Crippen LogP contribution is -2.28. The maximum atomic E-state index is 2.42. The molecule has 0 aliphatic carbocycles. The molecule has 0 fully saturated rings. The van der Waals surface area contributed by atoms with E-state index in [1.807, 2.05) is 0 Å². The SMILES string of the molecule is Cc1cc2ccccc2c(-c2c(P(c3ccccc3)c3ccccc3)c(C)cc3ccccc23)c1P(c1ccccc1)c1ccccc1. The van der Waals surface area contributed by atoms with Gasteiger partial charge in [0, 0.05) is 0 Å². The van der Waals surface area contributed by atoms with Crippen LogP contribution in [0.25, 0.3) is 32.7 Å². The molecular formula is C46H36P2. The molecule has 0 saturated heterocycles. The van der Waals surface area contributed by atoms with Crippen LogP contribution < -0.4 is 31.8 Å². The molecule has 0 N–H and O–H groups in total. The molecule has 0 aromatic heterocycles. The fourth-order valence-electron chi connectivity index (χ4n) is 7.16. The lowest BCUT2D eigenvalue weighted by atomic mass is 9.91. The van der Waals surface area contributed by atoms with E-state index < -0.39 is 15.8 Å². The highest BCUT2D eigenvalue weighted by atomic mass is 31.1. The van der Waals surface area contributed by atoms with Crippen molar-refractivity contribution in [2.24, 2.45) is 0 Å². The first kappa shape index (κ1) is 30.5. The molecule has 0 saturated carbocycles. The molecule has 0 heterocycles. The van der Waals surface area contributed by atoms with Gasteiger partial charge in [-0.2, -0.15) is 0 Å². The minimum Gasteiger partial charge on any atom is -0.0622 e. The van der Waals surface area contributed by atoms with Gasteiger partial charge in [0.15, 0.2) is 0 Å². The molecule has 0 radical (unpaired) electrons. The summed E-state index contributed by atoms with van der Waals surface area (Å²) < 4.78 is 0. The Hall–Kier alpha value is -4.86. The van der Waals surface area contributed by atoms with Gasteiger partial charge in [0.25, 0.3) is 0 Å². The van der Waals surface area contributed by atoms with E-state index >= 15 is 0 Å². The van der Waals surface area contributed by atoms with E-state index in [1.54, 1.807) is 0 Å². The van der Waals surface area contributed by atoms with E-state index in [1.165, 1.54) is 75.6 Å². The van der Waals surface area contributed by atoms with Crippen LogP contribution in [-0.4, -0.2) is 0 Å². The zero-order chi connectivity index (χ0) is 32.5. The maximum Gasteiger partial charge on any atom is -0.000606 e. The van der Waals surface area contributed by atoms with Crippen molar-refractivity contribution in [3.8, 4) is 11.1 Å². The molecule has 0 spiro atoms. The summed E-state index contributed by atoms with van der Waals surface area (Å²) in [4.78, 5) is 0. The zero-order valence-corrected chi connectivity index (χ0v) is 29.0. The van der Waals surface area contributed by atoms with Gasteiger partial charge in [-0.05, 0) is 105 Å². The molecule has 0 aliphatic rings. The first-order chi connectivity index (χ1) is 23.7. The van der Waals surface area contributed by atoms with E-state index in [-0.39, 0.29) is 0 Å². The molecule has 48 heavy (non-hydrogen) atoms. The molecule has 8 rings (SSSR count). The van der Waals surface area contributed by atoms with Crippen LogP contribution >= 0.6 is 15.8 Å². The summed E-state index contributed by atoms with van der Waals surface area (Å²) in [5.41, 5.74) is 5.42. The molecule has 0 bridgehead atoms. The van der Waals surface area contributed by atoms with Crippen molar-refractivity contribution < 1.29 is 0 Å². The fourth-order valence-corrected chi connectivity index (χ4v) is 12.4. The monoisotopic (exact) mass is 650 g/mol.